The number of aryl methyl sites for hydroxylation is 1. The van der Waals surface area contributed by atoms with Gasteiger partial charge in [-0.25, -0.2) is 9.67 Å². The Morgan fingerprint density at radius 3 is 2.57 bits per heavy atom. The van der Waals surface area contributed by atoms with Gasteiger partial charge in [-0.1, -0.05) is 47.0 Å². The molecule has 3 aromatic rings. The monoisotopic (exact) mass is 346 g/mol. The van der Waals surface area contributed by atoms with Gasteiger partial charge in [0.05, 0.1) is 15.7 Å². The quantitative estimate of drug-likeness (QED) is 0.786. The first-order chi connectivity index (χ1) is 11.0. The van der Waals surface area contributed by atoms with Crippen molar-refractivity contribution in [3.8, 4) is 17.1 Å². The molecule has 3 rings (SSSR count). The van der Waals surface area contributed by atoms with E-state index in [4.69, 9.17) is 28.9 Å². The number of carbonyl (C=O) groups excluding carboxylic acids is 1. The lowest BCUT2D eigenvalue weighted by molar-refractivity contribution is 0.0990. The van der Waals surface area contributed by atoms with Gasteiger partial charge in [0.1, 0.15) is 0 Å². The fraction of sp³-hybridized carbons (Fsp3) is 0.0625. The summed E-state index contributed by atoms with van der Waals surface area (Å²) in [7, 11) is 0. The van der Waals surface area contributed by atoms with E-state index in [-0.39, 0.29) is 5.82 Å². The summed E-state index contributed by atoms with van der Waals surface area (Å²) in [5.74, 6) is -0.258. The van der Waals surface area contributed by atoms with E-state index in [9.17, 15) is 4.79 Å². The van der Waals surface area contributed by atoms with Crippen LogP contribution in [0.25, 0.3) is 17.1 Å². The van der Waals surface area contributed by atoms with E-state index in [1.54, 1.807) is 18.2 Å². The van der Waals surface area contributed by atoms with Gasteiger partial charge in [-0.15, -0.1) is 5.10 Å². The topological polar surface area (TPSA) is 73.8 Å². The van der Waals surface area contributed by atoms with Gasteiger partial charge in [0, 0.05) is 5.56 Å². The van der Waals surface area contributed by atoms with Crippen molar-refractivity contribution in [1.82, 2.24) is 14.8 Å². The molecule has 0 unspecified atom stereocenters. The van der Waals surface area contributed by atoms with Gasteiger partial charge in [-0.2, -0.15) is 0 Å². The number of nitrogens with two attached hydrogens (primary N) is 1. The number of hydrogen-bond donors (Lipinski definition) is 1. The highest BCUT2D eigenvalue weighted by Gasteiger charge is 2.17. The molecule has 1 amide bonds. The Balaban J connectivity index is 2.22. The number of primary amides is 1. The molecule has 2 N–H and O–H groups in total. The normalized spacial score (nSPS) is 10.7. The van der Waals surface area contributed by atoms with Crippen LogP contribution in [0.3, 0.4) is 0 Å². The number of halogens is 2. The van der Waals surface area contributed by atoms with Crippen LogP contribution in [0.15, 0.2) is 42.5 Å². The molecule has 0 spiro atoms. The van der Waals surface area contributed by atoms with Crippen LogP contribution in [0.2, 0.25) is 10.0 Å². The van der Waals surface area contributed by atoms with Crippen LogP contribution in [-0.2, 0) is 0 Å². The Labute approximate surface area is 142 Å². The van der Waals surface area contributed by atoms with E-state index in [1.807, 2.05) is 31.2 Å². The van der Waals surface area contributed by atoms with Crippen LogP contribution < -0.4 is 5.73 Å². The summed E-state index contributed by atoms with van der Waals surface area (Å²) >= 11 is 12.0. The summed E-state index contributed by atoms with van der Waals surface area (Å²) < 4.78 is 1.52. The number of amides is 1. The van der Waals surface area contributed by atoms with Crippen LogP contribution >= 0.6 is 23.2 Å². The molecule has 0 radical (unpaired) electrons. The van der Waals surface area contributed by atoms with Gasteiger partial charge in [0.2, 0.25) is 5.82 Å². The van der Waals surface area contributed by atoms with Crippen LogP contribution in [0.1, 0.15) is 16.2 Å². The molecule has 1 aromatic heterocycles. The maximum absolute atomic E-state index is 11.5. The van der Waals surface area contributed by atoms with Gasteiger partial charge < -0.3 is 5.73 Å². The molecule has 0 fully saturated rings. The van der Waals surface area contributed by atoms with E-state index in [0.29, 0.717) is 21.6 Å². The minimum Gasteiger partial charge on any atom is -0.363 e. The van der Waals surface area contributed by atoms with Gasteiger partial charge in [0.15, 0.2) is 5.82 Å². The molecule has 0 aliphatic rings. The summed E-state index contributed by atoms with van der Waals surface area (Å²) in [5.41, 5.74) is 7.82. The lowest BCUT2D eigenvalue weighted by Gasteiger charge is -2.07. The highest BCUT2D eigenvalue weighted by Crippen LogP contribution is 2.27. The zero-order valence-electron chi connectivity index (χ0n) is 12.1. The second-order valence-corrected chi connectivity index (χ2v) is 5.82. The van der Waals surface area contributed by atoms with Crippen molar-refractivity contribution in [2.45, 2.75) is 6.92 Å². The zero-order chi connectivity index (χ0) is 16.6. The standard InChI is InChI=1S/C16H12Cl2N4O/c1-9-3-2-4-10(7-9)16-20-15(14(19)23)21-22(16)11-5-6-12(17)13(18)8-11/h2-8H,1H3,(H2,19,23). The molecule has 0 atom stereocenters. The van der Waals surface area contributed by atoms with E-state index in [2.05, 4.69) is 10.1 Å². The number of hydrogen-bond acceptors (Lipinski definition) is 3. The highest BCUT2D eigenvalue weighted by molar-refractivity contribution is 6.42. The molecule has 5 nitrogen and oxygen atoms in total. The Morgan fingerprint density at radius 2 is 1.91 bits per heavy atom. The summed E-state index contributed by atoms with van der Waals surface area (Å²) in [6, 6.07) is 12.8. The summed E-state index contributed by atoms with van der Waals surface area (Å²) in [4.78, 5) is 15.7. The molecule has 116 valence electrons. The Kier molecular flexibility index (Phi) is 4.07. The fourth-order valence-corrected chi connectivity index (χ4v) is 2.48. The largest absolute Gasteiger partial charge is 0.363 e. The molecular weight excluding hydrogens is 335 g/mol. The molecule has 0 saturated carbocycles. The molecular formula is C16H12Cl2N4O. The van der Waals surface area contributed by atoms with Gasteiger partial charge in [0.25, 0.3) is 5.91 Å². The van der Waals surface area contributed by atoms with Crippen LogP contribution in [0.5, 0.6) is 0 Å². The number of nitrogens with zero attached hydrogens (tertiary/aromatic N) is 3. The molecule has 0 aliphatic carbocycles. The Bertz CT molecular complexity index is 905. The smallest absolute Gasteiger partial charge is 0.288 e. The Hall–Kier alpha value is -2.37. The molecule has 0 bridgehead atoms. The average molecular weight is 347 g/mol. The van der Waals surface area contributed by atoms with Crippen molar-refractivity contribution in [2.75, 3.05) is 0 Å². The number of aromatic nitrogens is 3. The maximum Gasteiger partial charge on any atom is 0.288 e. The molecule has 0 saturated heterocycles. The van der Waals surface area contributed by atoms with Gasteiger partial charge >= 0.3 is 0 Å². The van der Waals surface area contributed by atoms with Crippen LogP contribution in [0, 0.1) is 6.92 Å². The van der Waals surface area contributed by atoms with E-state index >= 15 is 0 Å². The summed E-state index contributed by atoms with van der Waals surface area (Å²) in [5, 5.41) is 5.00. The highest BCUT2D eigenvalue weighted by atomic mass is 35.5. The first kappa shape index (κ1) is 15.5. The van der Waals surface area contributed by atoms with E-state index in [0.717, 1.165) is 11.1 Å². The lowest BCUT2D eigenvalue weighted by Crippen LogP contribution is -2.13. The first-order valence-electron chi connectivity index (χ1n) is 6.75. The van der Waals surface area contributed by atoms with Crippen molar-refractivity contribution in [3.05, 3.63) is 63.9 Å². The van der Waals surface area contributed by atoms with Gasteiger partial charge in [-0.05, 0) is 31.2 Å². The van der Waals surface area contributed by atoms with Crippen LogP contribution in [-0.4, -0.2) is 20.7 Å². The minimum atomic E-state index is -0.697. The molecule has 7 heteroatoms. The number of carbonyl (C=O) groups is 1. The fourth-order valence-electron chi connectivity index (χ4n) is 2.18. The number of rotatable bonds is 3. The molecule has 2 aromatic carbocycles. The van der Waals surface area contributed by atoms with E-state index < -0.39 is 5.91 Å². The third-order valence-corrected chi connectivity index (χ3v) is 3.99. The maximum atomic E-state index is 11.5. The first-order valence-corrected chi connectivity index (χ1v) is 7.50. The zero-order valence-corrected chi connectivity index (χ0v) is 13.6. The number of benzene rings is 2. The average Bonchev–Trinajstić information content (AvgIpc) is 2.95. The van der Waals surface area contributed by atoms with Crippen molar-refractivity contribution < 1.29 is 4.79 Å². The van der Waals surface area contributed by atoms with Crippen LogP contribution in [0.4, 0.5) is 0 Å². The predicted octanol–water partition coefficient (Wildman–Crippen LogP) is 3.65. The lowest BCUT2D eigenvalue weighted by atomic mass is 10.1. The molecule has 1 heterocycles. The SMILES string of the molecule is Cc1cccc(-c2nc(C(N)=O)nn2-c2ccc(Cl)c(Cl)c2)c1. The third kappa shape index (κ3) is 3.06. The van der Waals surface area contributed by atoms with Crippen molar-refractivity contribution >= 4 is 29.1 Å². The third-order valence-electron chi connectivity index (χ3n) is 3.25. The predicted molar refractivity (Wildman–Crippen MR) is 90.1 cm³/mol. The summed E-state index contributed by atoms with van der Waals surface area (Å²) in [6.45, 7) is 1.97. The van der Waals surface area contributed by atoms with Crippen molar-refractivity contribution in [3.63, 3.8) is 0 Å². The Morgan fingerprint density at radius 1 is 1.13 bits per heavy atom. The second kappa shape index (κ2) is 6.02. The van der Waals surface area contributed by atoms with Crippen molar-refractivity contribution in [1.29, 1.82) is 0 Å². The summed E-state index contributed by atoms with van der Waals surface area (Å²) in [6.07, 6.45) is 0. The molecule has 0 aliphatic heterocycles. The van der Waals surface area contributed by atoms with E-state index in [1.165, 1.54) is 4.68 Å². The molecule has 23 heavy (non-hydrogen) atoms. The van der Waals surface area contributed by atoms with Crippen molar-refractivity contribution in [2.24, 2.45) is 5.73 Å². The van der Waals surface area contributed by atoms with Gasteiger partial charge in [-0.3, -0.25) is 4.79 Å². The minimum absolute atomic E-state index is 0.0624. The second-order valence-electron chi connectivity index (χ2n) is 5.00.